The van der Waals surface area contributed by atoms with E-state index in [1.54, 1.807) is 84.9 Å². The molecule has 2 heterocycles. The Bertz CT molecular complexity index is 1710. The highest BCUT2D eigenvalue weighted by Gasteiger charge is 2.44. The first-order valence-corrected chi connectivity index (χ1v) is 14.8. The predicted octanol–water partition coefficient (Wildman–Crippen LogP) is 3.32. The Balaban J connectivity index is 1.23. The Morgan fingerprint density at radius 2 is 0.783 bits per heavy atom. The van der Waals surface area contributed by atoms with Gasteiger partial charge in [0.25, 0.3) is 23.6 Å². The summed E-state index contributed by atoms with van der Waals surface area (Å²) in [6.07, 6.45) is -0.0270. The maximum atomic E-state index is 13.7. The third-order valence-corrected chi connectivity index (χ3v) is 8.10. The molecule has 0 saturated carbocycles. The standard InChI is InChI=1S/C35H26N4O6S/c40-29(27(19-21-11-3-1-4-12-21)38-31(42)23-15-7-8-16-24(23)32(38)43)36-35(46)37-30(41)28(20-22-13-5-2-6-14-22)39-33(44)25-17-9-10-18-26(25)34(39)45/h1-18,27-28H,19-20H2,(H2,36,37,40,41,46). The summed E-state index contributed by atoms with van der Waals surface area (Å²) in [5.74, 6) is -4.10. The van der Waals surface area contributed by atoms with E-state index in [-0.39, 0.29) is 35.1 Å². The van der Waals surface area contributed by atoms with Gasteiger partial charge in [-0.1, -0.05) is 84.9 Å². The smallest absolute Gasteiger partial charge is 0.262 e. The quantitative estimate of drug-likeness (QED) is 0.226. The maximum absolute atomic E-state index is 13.7. The van der Waals surface area contributed by atoms with Crippen molar-refractivity contribution in [1.82, 2.24) is 20.4 Å². The lowest BCUT2D eigenvalue weighted by molar-refractivity contribution is -0.124. The minimum absolute atomic E-state index is 0.0135. The first kappa shape index (κ1) is 30.2. The van der Waals surface area contributed by atoms with Crippen molar-refractivity contribution in [1.29, 1.82) is 0 Å². The molecule has 2 atom stereocenters. The van der Waals surface area contributed by atoms with Gasteiger partial charge in [-0.3, -0.25) is 38.6 Å². The number of hydrogen-bond donors (Lipinski definition) is 2. The molecule has 46 heavy (non-hydrogen) atoms. The average Bonchev–Trinajstić information content (AvgIpc) is 3.47. The van der Waals surface area contributed by atoms with Crippen molar-refractivity contribution in [2.24, 2.45) is 0 Å². The molecule has 2 unspecified atom stereocenters. The van der Waals surface area contributed by atoms with Crippen LogP contribution in [0.15, 0.2) is 109 Å². The summed E-state index contributed by atoms with van der Waals surface area (Å²) in [5.41, 5.74) is 2.08. The molecule has 0 aliphatic carbocycles. The molecule has 10 nitrogen and oxygen atoms in total. The molecule has 0 bridgehead atoms. The Morgan fingerprint density at radius 1 is 0.500 bits per heavy atom. The van der Waals surface area contributed by atoms with Crippen molar-refractivity contribution in [2.45, 2.75) is 24.9 Å². The van der Waals surface area contributed by atoms with Crippen LogP contribution in [0.3, 0.4) is 0 Å². The lowest BCUT2D eigenvalue weighted by Gasteiger charge is -2.27. The topological polar surface area (TPSA) is 133 Å². The number of carbonyl (C=O) groups excluding carboxylic acids is 6. The van der Waals surface area contributed by atoms with E-state index in [1.165, 1.54) is 24.3 Å². The van der Waals surface area contributed by atoms with Crippen LogP contribution in [-0.2, 0) is 22.4 Å². The number of fused-ring (bicyclic) bond motifs is 2. The highest BCUT2D eigenvalue weighted by atomic mass is 32.1. The van der Waals surface area contributed by atoms with Gasteiger partial charge in [-0.2, -0.15) is 0 Å². The molecular formula is C35H26N4O6S. The van der Waals surface area contributed by atoms with Crippen LogP contribution in [0.25, 0.3) is 0 Å². The average molecular weight is 631 g/mol. The van der Waals surface area contributed by atoms with E-state index >= 15 is 0 Å². The Labute approximate surface area is 269 Å². The number of nitrogens with zero attached hydrogens (tertiary/aromatic N) is 2. The van der Waals surface area contributed by atoms with E-state index in [0.29, 0.717) is 11.1 Å². The normalized spacial score (nSPS) is 14.9. The molecule has 2 N–H and O–H groups in total. The number of imide groups is 2. The van der Waals surface area contributed by atoms with E-state index in [2.05, 4.69) is 10.6 Å². The van der Waals surface area contributed by atoms with Gasteiger partial charge in [0.1, 0.15) is 12.1 Å². The number of carbonyl (C=O) groups is 6. The van der Waals surface area contributed by atoms with Gasteiger partial charge in [-0.05, 0) is 47.6 Å². The van der Waals surface area contributed by atoms with Crippen LogP contribution in [0.1, 0.15) is 52.6 Å². The van der Waals surface area contributed by atoms with Crippen molar-refractivity contribution in [3.63, 3.8) is 0 Å². The van der Waals surface area contributed by atoms with Crippen LogP contribution in [0.2, 0.25) is 0 Å². The van der Waals surface area contributed by atoms with Crippen molar-refractivity contribution >= 4 is 52.8 Å². The summed E-state index contributed by atoms with van der Waals surface area (Å²) >= 11 is 5.34. The molecule has 0 saturated heterocycles. The second-order valence-electron chi connectivity index (χ2n) is 10.8. The van der Waals surface area contributed by atoms with Crippen molar-refractivity contribution in [3.05, 3.63) is 143 Å². The molecule has 228 valence electrons. The van der Waals surface area contributed by atoms with Crippen LogP contribution in [-0.4, -0.2) is 62.4 Å². The molecule has 0 fully saturated rings. The highest BCUT2D eigenvalue weighted by molar-refractivity contribution is 7.80. The molecular weight excluding hydrogens is 604 g/mol. The van der Waals surface area contributed by atoms with Gasteiger partial charge in [0.05, 0.1) is 22.3 Å². The van der Waals surface area contributed by atoms with Crippen molar-refractivity contribution in [3.8, 4) is 0 Å². The largest absolute Gasteiger partial charge is 0.301 e. The van der Waals surface area contributed by atoms with Gasteiger partial charge in [-0.25, -0.2) is 0 Å². The summed E-state index contributed by atoms with van der Waals surface area (Å²) < 4.78 is 0. The van der Waals surface area contributed by atoms with Gasteiger partial charge in [0.15, 0.2) is 5.11 Å². The third-order valence-electron chi connectivity index (χ3n) is 7.90. The fourth-order valence-electron chi connectivity index (χ4n) is 5.68. The monoisotopic (exact) mass is 630 g/mol. The summed E-state index contributed by atoms with van der Waals surface area (Å²) in [6, 6.07) is 27.7. The molecule has 2 aliphatic rings. The summed E-state index contributed by atoms with van der Waals surface area (Å²) in [5, 5.41) is 4.48. The molecule has 4 aromatic carbocycles. The zero-order valence-electron chi connectivity index (χ0n) is 24.2. The van der Waals surface area contributed by atoms with E-state index in [9.17, 15) is 28.8 Å². The molecule has 4 aromatic rings. The number of hydrogen-bond acceptors (Lipinski definition) is 7. The minimum Gasteiger partial charge on any atom is -0.301 e. The predicted molar refractivity (Wildman–Crippen MR) is 171 cm³/mol. The molecule has 0 spiro atoms. The Kier molecular flexibility index (Phi) is 8.32. The number of nitrogens with one attached hydrogen (secondary N) is 2. The first-order valence-electron chi connectivity index (χ1n) is 14.4. The molecule has 0 aromatic heterocycles. The van der Waals surface area contributed by atoms with E-state index in [0.717, 1.165) is 9.80 Å². The maximum Gasteiger partial charge on any atom is 0.262 e. The second-order valence-corrected chi connectivity index (χ2v) is 11.2. The lowest BCUT2D eigenvalue weighted by Crippen LogP contribution is -2.57. The Morgan fingerprint density at radius 3 is 1.09 bits per heavy atom. The fraction of sp³-hybridized carbons (Fsp3) is 0.114. The van der Waals surface area contributed by atoms with E-state index < -0.39 is 52.6 Å². The van der Waals surface area contributed by atoms with Crippen LogP contribution in [0.5, 0.6) is 0 Å². The summed E-state index contributed by atoms with van der Waals surface area (Å²) in [4.78, 5) is 82.5. The summed E-state index contributed by atoms with van der Waals surface area (Å²) in [6.45, 7) is 0. The van der Waals surface area contributed by atoms with Gasteiger partial charge >= 0.3 is 0 Å². The molecule has 6 amide bonds. The molecule has 11 heteroatoms. The first-order chi connectivity index (χ1) is 22.2. The van der Waals surface area contributed by atoms with Gasteiger partial charge < -0.3 is 10.6 Å². The SMILES string of the molecule is O=C(NC(=S)NC(=O)C(Cc1ccccc1)N1C(=O)c2ccccc2C1=O)C(Cc1ccccc1)N1C(=O)c2ccccc2C1=O. The van der Waals surface area contributed by atoms with Gasteiger partial charge in [0, 0.05) is 12.8 Å². The van der Waals surface area contributed by atoms with Crippen LogP contribution in [0.4, 0.5) is 0 Å². The summed E-state index contributed by atoms with van der Waals surface area (Å²) in [7, 11) is 0. The third kappa shape index (κ3) is 5.71. The van der Waals surface area contributed by atoms with Crippen LogP contribution in [0, 0.1) is 0 Å². The van der Waals surface area contributed by atoms with Crippen molar-refractivity contribution < 1.29 is 28.8 Å². The fourth-order valence-corrected chi connectivity index (χ4v) is 5.88. The zero-order valence-corrected chi connectivity index (χ0v) is 25.0. The molecule has 0 radical (unpaired) electrons. The van der Waals surface area contributed by atoms with Crippen molar-refractivity contribution in [2.75, 3.05) is 0 Å². The second kappa shape index (κ2) is 12.7. The number of rotatable bonds is 8. The van der Waals surface area contributed by atoms with Gasteiger partial charge in [0.2, 0.25) is 11.8 Å². The zero-order chi connectivity index (χ0) is 32.4. The lowest BCUT2D eigenvalue weighted by atomic mass is 10.0. The van der Waals surface area contributed by atoms with Crippen LogP contribution >= 0.6 is 12.2 Å². The van der Waals surface area contributed by atoms with E-state index in [4.69, 9.17) is 12.2 Å². The van der Waals surface area contributed by atoms with E-state index in [1.807, 2.05) is 0 Å². The Hall–Kier alpha value is -5.81. The van der Waals surface area contributed by atoms with Gasteiger partial charge in [-0.15, -0.1) is 0 Å². The van der Waals surface area contributed by atoms with Crippen LogP contribution < -0.4 is 10.6 Å². The number of thiocarbonyl (C=S) groups is 1. The molecule has 6 rings (SSSR count). The molecule has 2 aliphatic heterocycles. The minimum atomic E-state index is -1.30. The number of amides is 6. The highest BCUT2D eigenvalue weighted by Crippen LogP contribution is 2.27. The number of benzene rings is 4.